The van der Waals surface area contributed by atoms with Crippen molar-refractivity contribution in [2.45, 2.75) is 40.2 Å². The SMILES string of the molecule is CCOC(=O)C1=C(C)N=C2SC=C(CC(=O)N(CC)CC)N2C1c1cccc(OC)c1OC. The van der Waals surface area contributed by atoms with E-state index in [4.69, 9.17) is 14.2 Å². The lowest BCUT2D eigenvalue weighted by atomic mass is 9.92. The summed E-state index contributed by atoms with van der Waals surface area (Å²) in [5, 5.41) is 2.64. The number of methoxy groups -OCH3 is 2. The van der Waals surface area contributed by atoms with E-state index in [0.29, 0.717) is 41.0 Å². The fourth-order valence-corrected chi connectivity index (χ4v) is 5.07. The van der Waals surface area contributed by atoms with Gasteiger partial charge in [0.1, 0.15) is 0 Å². The van der Waals surface area contributed by atoms with Gasteiger partial charge in [0.05, 0.1) is 44.6 Å². The molecular formula is C24H31N3O5S. The molecule has 0 saturated heterocycles. The first-order valence-electron chi connectivity index (χ1n) is 11.0. The van der Waals surface area contributed by atoms with Crippen LogP contribution in [0.15, 0.2) is 45.6 Å². The number of esters is 1. The van der Waals surface area contributed by atoms with E-state index >= 15 is 0 Å². The minimum atomic E-state index is -0.577. The van der Waals surface area contributed by atoms with E-state index in [0.717, 1.165) is 11.3 Å². The molecule has 8 nitrogen and oxygen atoms in total. The fourth-order valence-electron chi connectivity index (χ4n) is 4.10. The van der Waals surface area contributed by atoms with Gasteiger partial charge in [0.2, 0.25) is 5.91 Å². The number of fused-ring (bicyclic) bond motifs is 1. The van der Waals surface area contributed by atoms with Crippen LogP contribution in [0.2, 0.25) is 0 Å². The zero-order chi connectivity index (χ0) is 24.1. The Morgan fingerprint density at radius 3 is 2.48 bits per heavy atom. The molecule has 0 bridgehead atoms. The molecule has 0 aliphatic carbocycles. The maximum Gasteiger partial charge on any atom is 0.338 e. The van der Waals surface area contributed by atoms with Gasteiger partial charge in [0.25, 0.3) is 0 Å². The van der Waals surface area contributed by atoms with Gasteiger partial charge in [-0.15, -0.1) is 0 Å². The third kappa shape index (κ3) is 4.73. The molecule has 2 aliphatic rings. The van der Waals surface area contributed by atoms with E-state index in [2.05, 4.69) is 4.99 Å². The number of thioether (sulfide) groups is 1. The van der Waals surface area contributed by atoms with Gasteiger partial charge < -0.3 is 24.0 Å². The molecule has 0 saturated carbocycles. The van der Waals surface area contributed by atoms with Crippen LogP contribution >= 0.6 is 11.8 Å². The van der Waals surface area contributed by atoms with Crippen molar-refractivity contribution in [3.63, 3.8) is 0 Å². The normalized spacial score (nSPS) is 17.3. The zero-order valence-electron chi connectivity index (χ0n) is 20.0. The van der Waals surface area contributed by atoms with Gasteiger partial charge in [-0.2, -0.15) is 0 Å². The molecular weight excluding hydrogens is 442 g/mol. The Labute approximate surface area is 199 Å². The van der Waals surface area contributed by atoms with Crippen LogP contribution < -0.4 is 9.47 Å². The molecule has 1 atom stereocenters. The molecule has 0 radical (unpaired) electrons. The molecule has 33 heavy (non-hydrogen) atoms. The molecule has 3 rings (SSSR count). The highest BCUT2D eigenvalue weighted by molar-refractivity contribution is 8.16. The van der Waals surface area contributed by atoms with Gasteiger partial charge in [-0.3, -0.25) is 4.79 Å². The number of hydrogen-bond donors (Lipinski definition) is 0. The first-order chi connectivity index (χ1) is 15.9. The molecule has 178 valence electrons. The molecule has 0 N–H and O–H groups in total. The highest BCUT2D eigenvalue weighted by atomic mass is 32.2. The summed E-state index contributed by atoms with van der Waals surface area (Å²) < 4.78 is 16.6. The third-order valence-corrected chi connectivity index (χ3v) is 6.56. The van der Waals surface area contributed by atoms with Crippen LogP contribution in [-0.4, -0.2) is 60.8 Å². The molecule has 1 unspecified atom stereocenters. The maximum atomic E-state index is 13.1. The number of allylic oxidation sites excluding steroid dienone is 1. The van der Waals surface area contributed by atoms with Gasteiger partial charge in [0.15, 0.2) is 16.7 Å². The van der Waals surface area contributed by atoms with Gasteiger partial charge in [0, 0.05) is 24.4 Å². The number of aliphatic imine (C=N–C) groups is 1. The standard InChI is InChI=1S/C24H31N3O5S/c1-7-26(8-2)19(28)13-16-14-33-24-25-15(4)20(23(29)32-9-3)21(27(16)24)17-11-10-12-18(30-5)22(17)31-6/h10-12,14,21H,7-9,13H2,1-6H3. The second-order valence-electron chi connectivity index (χ2n) is 7.44. The lowest BCUT2D eigenvalue weighted by Crippen LogP contribution is -2.39. The molecule has 0 fully saturated rings. The largest absolute Gasteiger partial charge is 0.493 e. The molecule has 0 aromatic heterocycles. The van der Waals surface area contributed by atoms with Crippen LogP contribution in [0.3, 0.4) is 0 Å². The fraction of sp³-hybridized carbons (Fsp3) is 0.458. The molecule has 1 aromatic carbocycles. The predicted octanol–water partition coefficient (Wildman–Crippen LogP) is 4.10. The smallest absolute Gasteiger partial charge is 0.338 e. The third-order valence-electron chi connectivity index (χ3n) is 5.67. The number of rotatable bonds is 9. The van der Waals surface area contributed by atoms with Crippen molar-refractivity contribution in [3.8, 4) is 11.5 Å². The van der Waals surface area contributed by atoms with Crippen molar-refractivity contribution in [2.24, 2.45) is 4.99 Å². The summed E-state index contributed by atoms with van der Waals surface area (Å²) >= 11 is 1.44. The molecule has 2 aliphatic heterocycles. The number of amidine groups is 1. The van der Waals surface area contributed by atoms with E-state index in [-0.39, 0.29) is 18.9 Å². The van der Waals surface area contributed by atoms with Crippen molar-refractivity contribution >= 4 is 28.8 Å². The molecule has 9 heteroatoms. The summed E-state index contributed by atoms with van der Waals surface area (Å²) in [6.45, 7) is 9.01. The van der Waals surface area contributed by atoms with Gasteiger partial charge >= 0.3 is 5.97 Å². The first kappa shape index (κ1) is 24.7. The minimum Gasteiger partial charge on any atom is -0.493 e. The Bertz CT molecular complexity index is 1010. The summed E-state index contributed by atoms with van der Waals surface area (Å²) in [6.07, 6.45) is 0.200. The van der Waals surface area contributed by atoms with E-state index in [1.807, 2.05) is 36.3 Å². The highest BCUT2D eigenvalue weighted by Gasteiger charge is 2.42. The van der Waals surface area contributed by atoms with Crippen LogP contribution in [0.4, 0.5) is 0 Å². The van der Waals surface area contributed by atoms with E-state index in [1.54, 1.807) is 39.0 Å². The quantitative estimate of drug-likeness (QED) is 0.500. The number of amides is 1. The summed E-state index contributed by atoms with van der Waals surface area (Å²) in [6, 6.07) is 4.98. The molecule has 1 amide bonds. The van der Waals surface area contributed by atoms with Crippen LogP contribution in [0.1, 0.15) is 45.7 Å². The Balaban J connectivity index is 2.14. The maximum absolute atomic E-state index is 13.1. The zero-order valence-corrected chi connectivity index (χ0v) is 20.8. The van der Waals surface area contributed by atoms with E-state index in [1.165, 1.54) is 11.8 Å². The Kier molecular flexibility index (Phi) is 8.07. The van der Waals surface area contributed by atoms with Crippen LogP contribution in [0.25, 0.3) is 0 Å². The van der Waals surface area contributed by atoms with Crippen molar-refractivity contribution in [3.05, 3.63) is 46.1 Å². The first-order valence-corrected chi connectivity index (χ1v) is 11.9. The second-order valence-corrected chi connectivity index (χ2v) is 8.28. The van der Waals surface area contributed by atoms with Crippen LogP contribution in [0.5, 0.6) is 11.5 Å². The average Bonchev–Trinajstić information content (AvgIpc) is 3.20. The highest BCUT2D eigenvalue weighted by Crippen LogP contribution is 2.48. The van der Waals surface area contributed by atoms with E-state index < -0.39 is 12.0 Å². The summed E-state index contributed by atoms with van der Waals surface area (Å²) in [5.41, 5.74) is 2.50. The van der Waals surface area contributed by atoms with Crippen molar-refractivity contribution in [1.82, 2.24) is 9.80 Å². The average molecular weight is 474 g/mol. The minimum absolute atomic E-state index is 0.0217. The number of carbonyl (C=O) groups excluding carboxylic acids is 2. The number of para-hydroxylation sites is 1. The van der Waals surface area contributed by atoms with Crippen molar-refractivity contribution in [1.29, 1.82) is 0 Å². The Morgan fingerprint density at radius 1 is 1.15 bits per heavy atom. The molecule has 2 heterocycles. The van der Waals surface area contributed by atoms with E-state index in [9.17, 15) is 9.59 Å². The molecule has 1 aromatic rings. The van der Waals surface area contributed by atoms with Crippen LogP contribution in [0, 0.1) is 0 Å². The molecule has 0 spiro atoms. The van der Waals surface area contributed by atoms with Crippen molar-refractivity contribution < 1.29 is 23.8 Å². The van der Waals surface area contributed by atoms with Gasteiger partial charge in [-0.1, -0.05) is 23.9 Å². The summed E-state index contributed by atoms with van der Waals surface area (Å²) in [4.78, 5) is 34.5. The number of benzene rings is 1. The number of carbonyl (C=O) groups is 2. The Morgan fingerprint density at radius 2 is 1.88 bits per heavy atom. The lowest BCUT2D eigenvalue weighted by Gasteiger charge is -2.37. The predicted molar refractivity (Wildman–Crippen MR) is 129 cm³/mol. The van der Waals surface area contributed by atoms with Crippen LogP contribution in [-0.2, 0) is 14.3 Å². The summed E-state index contributed by atoms with van der Waals surface area (Å²) in [5.74, 6) is 0.649. The monoisotopic (exact) mass is 473 g/mol. The topological polar surface area (TPSA) is 80.7 Å². The van der Waals surface area contributed by atoms with Gasteiger partial charge in [-0.25, -0.2) is 9.79 Å². The van der Waals surface area contributed by atoms with Crippen molar-refractivity contribution in [2.75, 3.05) is 33.9 Å². The summed E-state index contributed by atoms with van der Waals surface area (Å²) in [7, 11) is 3.14. The van der Waals surface area contributed by atoms with Gasteiger partial charge in [-0.05, 0) is 39.2 Å². The number of ether oxygens (including phenoxy) is 3. The Hall–Kier alpha value is -2.94. The number of nitrogens with zero attached hydrogens (tertiary/aromatic N) is 3. The number of hydrogen-bond acceptors (Lipinski definition) is 8. The lowest BCUT2D eigenvalue weighted by molar-refractivity contribution is -0.139. The second kappa shape index (κ2) is 10.8.